The normalized spacial score (nSPS) is 14.8. The molecule has 0 radical (unpaired) electrons. The van der Waals surface area contributed by atoms with E-state index in [0.29, 0.717) is 24.5 Å². The van der Waals surface area contributed by atoms with Crippen LogP contribution >= 0.6 is 0 Å². The van der Waals surface area contributed by atoms with E-state index in [4.69, 9.17) is 0 Å². The first-order valence-corrected chi connectivity index (χ1v) is 11.2. The van der Waals surface area contributed by atoms with Gasteiger partial charge in [-0.25, -0.2) is 9.18 Å². The maximum Gasteiger partial charge on any atom is 0.325 e. The van der Waals surface area contributed by atoms with Crippen LogP contribution in [0.25, 0.3) is 0 Å². The van der Waals surface area contributed by atoms with Crippen LogP contribution in [-0.4, -0.2) is 29.9 Å². The van der Waals surface area contributed by atoms with Gasteiger partial charge in [0.25, 0.3) is 0 Å². The summed E-state index contributed by atoms with van der Waals surface area (Å²) in [7, 11) is 0. The largest absolute Gasteiger partial charge is 0.325 e. The molecule has 5 nitrogen and oxygen atoms in total. The first-order valence-electron chi connectivity index (χ1n) is 11.2. The molecular formula is C27H28FN3O2. The lowest BCUT2D eigenvalue weighted by Gasteiger charge is -2.39. The van der Waals surface area contributed by atoms with Crippen LogP contribution in [0.1, 0.15) is 36.1 Å². The number of nitrogens with zero attached hydrogens (tertiary/aromatic N) is 2. The minimum Gasteiger partial charge on any atom is -0.324 e. The molecule has 3 aromatic carbocycles. The summed E-state index contributed by atoms with van der Waals surface area (Å²) in [5.74, 6) is -0.551. The molecule has 1 atom stereocenters. The number of amides is 3. The second kappa shape index (κ2) is 9.86. The molecule has 1 fully saturated rings. The average Bonchev–Trinajstić information content (AvgIpc) is 2.81. The van der Waals surface area contributed by atoms with E-state index in [2.05, 4.69) is 5.32 Å². The Morgan fingerprint density at radius 3 is 2.48 bits per heavy atom. The summed E-state index contributed by atoms with van der Waals surface area (Å²) in [5.41, 5.74) is 4.08. The van der Waals surface area contributed by atoms with Gasteiger partial charge in [0.1, 0.15) is 5.82 Å². The van der Waals surface area contributed by atoms with Crippen molar-refractivity contribution in [2.45, 2.75) is 32.7 Å². The van der Waals surface area contributed by atoms with Crippen LogP contribution in [-0.2, 0) is 11.2 Å². The minimum atomic E-state index is -0.335. The summed E-state index contributed by atoms with van der Waals surface area (Å²) < 4.78 is 13.2. The summed E-state index contributed by atoms with van der Waals surface area (Å²) >= 11 is 0. The summed E-state index contributed by atoms with van der Waals surface area (Å²) in [4.78, 5) is 29.8. The Balaban J connectivity index is 1.55. The number of rotatable bonds is 6. The number of carbonyl (C=O) groups excluding carboxylic acids is 2. The van der Waals surface area contributed by atoms with Crippen LogP contribution in [0.4, 0.5) is 20.6 Å². The number of halogens is 1. The quantitative estimate of drug-likeness (QED) is 0.528. The summed E-state index contributed by atoms with van der Waals surface area (Å²) in [5, 5.41) is 2.96. The third-order valence-electron chi connectivity index (χ3n) is 6.00. The van der Waals surface area contributed by atoms with Crippen LogP contribution in [0.15, 0.2) is 72.8 Å². The number of nitrogens with one attached hydrogen (secondary N) is 1. The van der Waals surface area contributed by atoms with Gasteiger partial charge in [0.05, 0.1) is 23.8 Å². The van der Waals surface area contributed by atoms with Crippen LogP contribution in [0.2, 0.25) is 0 Å². The van der Waals surface area contributed by atoms with E-state index in [1.165, 1.54) is 12.1 Å². The molecule has 1 heterocycles. The Labute approximate surface area is 193 Å². The van der Waals surface area contributed by atoms with Crippen molar-refractivity contribution in [2.75, 3.05) is 23.3 Å². The van der Waals surface area contributed by atoms with E-state index in [-0.39, 0.29) is 30.2 Å². The smallest absolute Gasteiger partial charge is 0.324 e. The molecule has 0 spiro atoms. The number of urea groups is 1. The standard InChI is InChI=1S/C27H28FN3O2/c1-19-9-14-25(24(17-19)29-26(32)18-21-10-12-23(28)13-11-21)31-16-6-15-30(27(31)33)20(2)22-7-4-3-5-8-22/h3-5,7-14,17,20H,6,15-16,18H2,1-2H3,(H,29,32). The Morgan fingerprint density at radius 1 is 1.03 bits per heavy atom. The zero-order valence-electron chi connectivity index (χ0n) is 18.9. The molecule has 0 saturated carbocycles. The Kier molecular flexibility index (Phi) is 6.73. The molecule has 0 aromatic heterocycles. The van der Waals surface area contributed by atoms with Gasteiger partial charge in [-0.2, -0.15) is 0 Å². The van der Waals surface area contributed by atoms with Crippen molar-refractivity contribution in [1.82, 2.24) is 4.90 Å². The van der Waals surface area contributed by atoms with Crippen molar-refractivity contribution in [1.29, 1.82) is 0 Å². The van der Waals surface area contributed by atoms with Crippen LogP contribution in [0.3, 0.4) is 0 Å². The minimum absolute atomic E-state index is 0.0523. The molecule has 170 valence electrons. The third-order valence-corrected chi connectivity index (χ3v) is 6.00. The predicted octanol–water partition coefficient (Wildman–Crippen LogP) is 5.71. The molecule has 1 saturated heterocycles. The fraction of sp³-hybridized carbons (Fsp3) is 0.259. The highest BCUT2D eigenvalue weighted by atomic mass is 19.1. The highest BCUT2D eigenvalue weighted by Gasteiger charge is 2.32. The predicted molar refractivity (Wildman–Crippen MR) is 129 cm³/mol. The Bertz CT molecular complexity index is 1130. The topological polar surface area (TPSA) is 52.6 Å². The van der Waals surface area contributed by atoms with E-state index < -0.39 is 0 Å². The van der Waals surface area contributed by atoms with Gasteiger partial charge in [0, 0.05) is 13.1 Å². The maximum absolute atomic E-state index is 13.5. The molecule has 6 heteroatoms. The van der Waals surface area contributed by atoms with Crippen molar-refractivity contribution < 1.29 is 14.0 Å². The molecule has 0 bridgehead atoms. The van der Waals surface area contributed by atoms with Crippen molar-refractivity contribution in [2.24, 2.45) is 0 Å². The lowest BCUT2D eigenvalue weighted by Crippen LogP contribution is -2.50. The van der Waals surface area contributed by atoms with Crippen LogP contribution in [0.5, 0.6) is 0 Å². The van der Waals surface area contributed by atoms with E-state index >= 15 is 0 Å². The van der Waals surface area contributed by atoms with E-state index in [0.717, 1.165) is 23.1 Å². The average molecular weight is 446 g/mol. The van der Waals surface area contributed by atoms with Gasteiger partial charge in [-0.05, 0) is 61.2 Å². The monoisotopic (exact) mass is 445 g/mol. The third kappa shape index (κ3) is 5.22. The molecule has 0 aliphatic carbocycles. The van der Waals surface area contributed by atoms with Crippen LogP contribution in [0, 0.1) is 12.7 Å². The molecule has 3 aromatic rings. The van der Waals surface area contributed by atoms with Crippen LogP contribution < -0.4 is 10.2 Å². The van der Waals surface area contributed by atoms with E-state index in [1.807, 2.05) is 67.3 Å². The number of hydrogen-bond acceptors (Lipinski definition) is 2. The van der Waals surface area contributed by atoms with E-state index in [9.17, 15) is 14.0 Å². The van der Waals surface area contributed by atoms with Gasteiger partial charge in [-0.3, -0.25) is 9.69 Å². The van der Waals surface area contributed by atoms with Gasteiger partial charge in [-0.1, -0.05) is 48.5 Å². The lowest BCUT2D eigenvalue weighted by molar-refractivity contribution is -0.115. The van der Waals surface area contributed by atoms with E-state index in [1.54, 1.807) is 17.0 Å². The number of aryl methyl sites for hydroxylation is 1. The Morgan fingerprint density at radius 2 is 1.76 bits per heavy atom. The van der Waals surface area contributed by atoms with Gasteiger partial charge < -0.3 is 10.2 Å². The molecule has 1 N–H and O–H groups in total. The van der Waals surface area contributed by atoms with Crippen molar-refractivity contribution >= 4 is 23.3 Å². The number of benzene rings is 3. The van der Waals surface area contributed by atoms with Gasteiger partial charge in [0.15, 0.2) is 0 Å². The SMILES string of the molecule is Cc1ccc(N2CCCN(C(C)c3ccccc3)C2=O)c(NC(=O)Cc2ccc(F)cc2)c1. The fourth-order valence-electron chi connectivity index (χ4n) is 4.21. The highest BCUT2D eigenvalue weighted by molar-refractivity contribution is 6.01. The van der Waals surface area contributed by atoms with Gasteiger partial charge >= 0.3 is 6.03 Å². The Hall–Kier alpha value is -3.67. The summed E-state index contributed by atoms with van der Waals surface area (Å²) in [6.45, 7) is 5.25. The molecule has 4 rings (SSSR count). The number of anilines is 2. The summed E-state index contributed by atoms with van der Waals surface area (Å²) in [6, 6.07) is 21.5. The number of carbonyl (C=O) groups is 2. The van der Waals surface area contributed by atoms with Crippen molar-refractivity contribution in [3.63, 3.8) is 0 Å². The van der Waals surface area contributed by atoms with Crippen molar-refractivity contribution in [3.05, 3.63) is 95.3 Å². The van der Waals surface area contributed by atoms with Gasteiger partial charge in [-0.15, -0.1) is 0 Å². The second-order valence-electron chi connectivity index (χ2n) is 8.44. The number of hydrogen-bond donors (Lipinski definition) is 1. The maximum atomic E-state index is 13.5. The van der Waals surface area contributed by atoms with Crippen molar-refractivity contribution in [3.8, 4) is 0 Å². The lowest BCUT2D eigenvalue weighted by atomic mass is 10.1. The highest BCUT2D eigenvalue weighted by Crippen LogP contribution is 2.32. The molecule has 1 aliphatic heterocycles. The summed E-state index contributed by atoms with van der Waals surface area (Å²) in [6.07, 6.45) is 0.957. The molecule has 3 amide bonds. The van der Waals surface area contributed by atoms with Gasteiger partial charge in [0.2, 0.25) is 5.91 Å². The fourth-order valence-corrected chi connectivity index (χ4v) is 4.21. The second-order valence-corrected chi connectivity index (χ2v) is 8.44. The molecule has 33 heavy (non-hydrogen) atoms. The zero-order chi connectivity index (χ0) is 23.4. The first-order chi connectivity index (χ1) is 15.9. The first kappa shape index (κ1) is 22.5. The molecule has 1 unspecified atom stereocenters. The molecule has 1 aliphatic rings. The zero-order valence-corrected chi connectivity index (χ0v) is 18.9. The molecular weight excluding hydrogens is 417 g/mol.